The van der Waals surface area contributed by atoms with Gasteiger partial charge in [0.25, 0.3) is 5.91 Å². The number of halogens is 1. The van der Waals surface area contributed by atoms with Crippen molar-refractivity contribution in [2.24, 2.45) is 18.9 Å². The summed E-state index contributed by atoms with van der Waals surface area (Å²) in [5.41, 5.74) is 0.734. The molecule has 0 aliphatic carbocycles. The Hall–Kier alpha value is -3.04. The highest BCUT2D eigenvalue weighted by Crippen LogP contribution is 2.27. The van der Waals surface area contributed by atoms with Gasteiger partial charge in [-0.25, -0.2) is 17.8 Å². The van der Waals surface area contributed by atoms with Crippen molar-refractivity contribution < 1.29 is 17.6 Å². The number of rotatable bonds is 6. The maximum Gasteiger partial charge on any atom is 0.252 e. The third kappa shape index (κ3) is 5.05. The molecule has 1 saturated heterocycles. The molecule has 2 aromatic carbocycles. The number of benzene rings is 2. The number of nitrogens with one attached hydrogen (secondary N) is 1. The van der Waals surface area contributed by atoms with Gasteiger partial charge in [-0.1, -0.05) is 32.0 Å². The molecule has 0 saturated carbocycles. The van der Waals surface area contributed by atoms with Crippen LogP contribution in [0.5, 0.6) is 0 Å². The van der Waals surface area contributed by atoms with Crippen LogP contribution in [-0.4, -0.2) is 41.3 Å². The quantitative estimate of drug-likeness (QED) is 0.578. The van der Waals surface area contributed by atoms with Gasteiger partial charge in [0.05, 0.1) is 4.90 Å². The molecule has 0 spiro atoms. The molecular formula is C25H29FN4O3S. The van der Waals surface area contributed by atoms with E-state index in [0.717, 1.165) is 6.42 Å². The van der Waals surface area contributed by atoms with Crippen LogP contribution in [0.1, 0.15) is 48.1 Å². The minimum absolute atomic E-state index is 0.0840. The zero-order valence-corrected chi connectivity index (χ0v) is 20.3. The highest BCUT2D eigenvalue weighted by molar-refractivity contribution is 7.89. The molecule has 1 fully saturated rings. The van der Waals surface area contributed by atoms with E-state index in [1.807, 2.05) is 13.8 Å². The first kappa shape index (κ1) is 24.1. The molecule has 0 bridgehead atoms. The molecular weight excluding hydrogens is 455 g/mol. The van der Waals surface area contributed by atoms with E-state index in [1.54, 1.807) is 48.3 Å². The van der Waals surface area contributed by atoms with Crippen molar-refractivity contribution in [3.05, 3.63) is 83.7 Å². The molecule has 1 aliphatic heterocycles. The molecule has 2 heterocycles. The first-order chi connectivity index (χ1) is 16.1. The minimum Gasteiger partial charge on any atom is -0.338 e. The van der Waals surface area contributed by atoms with Gasteiger partial charge in [-0.2, -0.15) is 4.31 Å². The van der Waals surface area contributed by atoms with Gasteiger partial charge < -0.3 is 9.88 Å². The van der Waals surface area contributed by atoms with Crippen LogP contribution in [0.2, 0.25) is 0 Å². The van der Waals surface area contributed by atoms with Crippen LogP contribution in [0.25, 0.3) is 0 Å². The Kier molecular flexibility index (Phi) is 6.86. The molecule has 7 nitrogen and oxygen atoms in total. The lowest BCUT2D eigenvalue weighted by atomic mass is 9.94. The van der Waals surface area contributed by atoms with Crippen molar-refractivity contribution in [2.75, 3.05) is 13.1 Å². The number of hydrogen-bond acceptors (Lipinski definition) is 4. The Labute approximate surface area is 199 Å². The number of nitrogens with zero attached hydrogens (tertiary/aromatic N) is 3. The lowest BCUT2D eigenvalue weighted by Crippen LogP contribution is -2.42. The Bertz CT molecular complexity index is 1280. The fraction of sp³-hybridized carbons (Fsp3) is 0.360. The summed E-state index contributed by atoms with van der Waals surface area (Å²) in [6.45, 7) is 5.02. The largest absolute Gasteiger partial charge is 0.338 e. The number of sulfonamides is 1. The van der Waals surface area contributed by atoms with Gasteiger partial charge in [0.1, 0.15) is 17.7 Å². The highest BCUT2D eigenvalue weighted by atomic mass is 32.2. The topological polar surface area (TPSA) is 84.3 Å². The molecule has 1 aromatic heterocycles. The molecule has 9 heteroatoms. The molecule has 3 atom stereocenters. The molecule has 0 unspecified atom stereocenters. The van der Waals surface area contributed by atoms with E-state index in [4.69, 9.17) is 0 Å². The van der Waals surface area contributed by atoms with Crippen molar-refractivity contribution in [3.8, 4) is 0 Å². The van der Waals surface area contributed by atoms with Gasteiger partial charge in [0.2, 0.25) is 10.0 Å². The average molecular weight is 485 g/mol. The molecule has 1 N–H and O–H groups in total. The number of amides is 1. The number of carbonyl (C=O) groups is 1. The third-order valence-electron chi connectivity index (χ3n) is 6.14. The molecule has 3 aromatic rings. The van der Waals surface area contributed by atoms with Gasteiger partial charge >= 0.3 is 0 Å². The summed E-state index contributed by atoms with van der Waals surface area (Å²) < 4.78 is 43.8. The molecule has 4 rings (SSSR count). The lowest BCUT2D eigenvalue weighted by Gasteiger charge is -2.34. The van der Waals surface area contributed by atoms with Crippen LogP contribution in [-0.2, 0) is 17.1 Å². The van der Waals surface area contributed by atoms with Gasteiger partial charge in [0, 0.05) is 38.1 Å². The SMILES string of the molecule is C[C@@H]1C[C@H](C)CN(S(=O)(=O)c2cccc(C(=O)N[C@H](c3cccc(F)c3)c3nccn3C)c2)C1. The summed E-state index contributed by atoms with van der Waals surface area (Å²) in [6, 6.07) is 11.3. The maximum absolute atomic E-state index is 13.9. The lowest BCUT2D eigenvalue weighted by molar-refractivity contribution is 0.0941. The first-order valence-electron chi connectivity index (χ1n) is 11.3. The second-order valence-corrected chi connectivity index (χ2v) is 11.1. The first-order valence-corrected chi connectivity index (χ1v) is 12.7. The van der Waals surface area contributed by atoms with Crippen molar-refractivity contribution in [2.45, 2.75) is 31.2 Å². The Morgan fingerprint density at radius 1 is 1.12 bits per heavy atom. The fourth-order valence-corrected chi connectivity index (χ4v) is 6.33. The van der Waals surface area contributed by atoms with Crippen LogP contribution in [0, 0.1) is 17.7 Å². The molecule has 1 amide bonds. The van der Waals surface area contributed by atoms with Gasteiger partial charge in [-0.05, 0) is 54.2 Å². The van der Waals surface area contributed by atoms with E-state index in [0.29, 0.717) is 24.5 Å². The summed E-state index contributed by atoms with van der Waals surface area (Å²) in [5.74, 6) is 0.169. The molecule has 1 aliphatic rings. The number of aryl methyl sites for hydroxylation is 1. The molecule has 0 radical (unpaired) electrons. The van der Waals surface area contributed by atoms with E-state index in [1.165, 1.54) is 28.6 Å². The number of imidazole rings is 1. The normalized spacial score (nSPS) is 20.1. The second-order valence-electron chi connectivity index (χ2n) is 9.15. The summed E-state index contributed by atoms with van der Waals surface area (Å²) in [6.07, 6.45) is 4.33. The van der Waals surface area contributed by atoms with Crippen LogP contribution < -0.4 is 5.32 Å². The van der Waals surface area contributed by atoms with Gasteiger partial charge in [-0.3, -0.25) is 4.79 Å². The molecule has 34 heavy (non-hydrogen) atoms. The summed E-state index contributed by atoms with van der Waals surface area (Å²) in [4.78, 5) is 17.6. The Balaban J connectivity index is 1.63. The number of carbonyl (C=O) groups excluding carboxylic acids is 1. The van der Waals surface area contributed by atoms with Crippen molar-refractivity contribution >= 4 is 15.9 Å². The van der Waals surface area contributed by atoms with Crippen LogP contribution in [0.4, 0.5) is 4.39 Å². The van der Waals surface area contributed by atoms with E-state index in [9.17, 15) is 17.6 Å². The van der Waals surface area contributed by atoms with Crippen molar-refractivity contribution in [1.29, 1.82) is 0 Å². The highest BCUT2D eigenvalue weighted by Gasteiger charge is 2.32. The smallest absolute Gasteiger partial charge is 0.252 e. The summed E-state index contributed by atoms with van der Waals surface area (Å²) in [5, 5.41) is 2.90. The van der Waals surface area contributed by atoms with E-state index >= 15 is 0 Å². The standard InChI is InChI=1S/C25H29FN4O3S/c1-17-12-18(2)16-30(15-17)34(32,33)22-9-5-7-20(14-22)25(31)28-23(24-27-10-11-29(24)3)19-6-4-8-21(26)13-19/h4-11,13-14,17-18,23H,12,15-16H2,1-3H3,(H,28,31)/t17-,18+,23-/m1/s1. The fourth-order valence-electron chi connectivity index (χ4n) is 4.60. The Morgan fingerprint density at radius 2 is 1.82 bits per heavy atom. The van der Waals surface area contributed by atoms with Crippen LogP contribution >= 0.6 is 0 Å². The van der Waals surface area contributed by atoms with Crippen LogP contribution in [0.3, 0.4) is 0 Å². The predicted molar refractivity (Wildman–Crippen MR) is 127 cm³/mol. The molecule has 180 valence electrons. The predicted octanol–water partition coefficient (Wildman–Crippen LogP) is 3.75. The Morgan fingerprint density at radius 3 is 2.47 bits per heavy atom. The minimum atomic E-state index is -3.73. The summed E-state index contributed by atoms with van der Waals surface area (Å²) in [7, 11) is -1.95. The van der Waals surface area contributed by atoms with Crippen molar-refractivity contribution in [1.82, 2.24) is 19.2 Å². The van der Waals surface area contributed by atoms with E-state index in [2.05, 4.69) is 10.3 Å². The third-order valence-corrected chi connectivity index (χ3v) is 7.97. The van der Waals surface area contributed by atoms with Gasteiger partial charge in [-0.15, -0.1) is 0 Å². The van der Waals surface area contributed by atoms with E-state index in [-0.39, 0.29) is 22.3 Å². The number of aromatic nitrogens is 2. The maximum atomic E-state index is 13.9. The number of hydrogen-bond donors (Lipinski definition) is 1. The summed E-state index contributed by atoms with van der Waals surface area (Å²) >= 11 is 0. The average Bonchev–Trinajstić information content (AvgIpc) is 3.22. The van der Waals surface area contributed by atoms with Gasteiger partial charge in [0.15, 0.2) is 0 Å². The second kappa shape index (κ2) is 9.68. The van der Waals surface area contributed by atoms with Crippen molar-refractivity contribution in [3.63, 3.8) is 0 Å². The van der Waals surface area contributed by atoms with Crippen LogP contribution in [0.15, 0.2) is 65.8 Å². The zero-order chi connectivity index (χ0) is 24.5. The monoisotopic (exact) mass is 484 g/mol. The number of piperidine rings is 1. The van der Waals surface area contributed by atoms with E-state index < -0.39 is 27.8 Å². The zero-order valence-electron chi connectivity index (χ0n) is 19.5.